The van der Waals surface area contributed by atoms with Gasteiger partial charge in [-0.2, -0.15) is 0 Å². The number of ether oxygens (including phenoxy) is 2. The van der Waals surface area contributed by atoms with E-state index in [-0.39, 0.29) is 19.4 Å². The number of phosphoric ester groups is 1. The van der Waals surface area contributed by atoms with E-state index in [0.717, 1.165) is 38.5 Å². The van der Waals surface area contributed by atoms with Gasteiger partial charge < -0.3 is 24.6 Å². The fraction of sp³-hybridized carbons (Fsp3) is 0.815. The summed E-state index contributed by atoms with van der Waals surface area (Å²) < 4.78 is 32.8. The zero-order valence-electron chi connectivity index (χ0n) is 41.7. The lowest BCUT2D eigenvalue weighted by molar-refractivity contribution is -0.161. The van der Waals surface area contributed by atoms with E-state index in [1.54, 1.807) is 0 Å². The molecule has 0 saturated heterocycles. The summed E-state index contributed by atoms with van der Waals surface area (Å²) in [6.45, 7) is 2.36. The zero-order chi connectivity index (χ0) is 47.6. The molecule has 0 rings (SSSR count). The van der Waals surface area contributed by atoms with E-state index in [1.807, 2.05) is 6.08 Å². The molecule has 65 heavy (non-hydrogen) atoms. The molecule has 0 fully saturated rings. The summed E-state index contributed by atoms with van der Waals surface area (Å²) in [5.74, 6) is -0.980. The first-order valence-corrected chi connectivity index (χ1v) is 28.1. The van der Waals surface area contributed by atoms with Crippen LogP contribution in [0.3, 0.4) is 0 Å². The number of hydrogen-bond donors (Lipinski definition) is 3. The Labute approximate surface area is 398 Å². The Kier molecular flexibility index (Phi) is 48.2. The van der Waals surface area contributed by atoms with E-state index < -0.39 is 51.8 Å². The molecule has 1 unspecified atom stereocenters. The van der Waals surface area contributed by atoms with Crippen LogP contribution in [0.25, 0.3) is 0 Å². The predicted molar refractivity (Wildman–Crippen MR) is 270 cm³/mol. The van der Waals surface area contributed by atoms with Crippen molar-refractivity contribution >= 4 is 19.8 Å². The van der Waals surface area contributed by atoms with Gasteiger partial charge in [-0.15, -0.1) is 0 Å². The lowest BCUT2D eigenvalue weighted by Gasteiger charge is -2.20. The van der Waals surface area contributed by atoms with Crippen LogP contribution in [-0.2, 0) is 32.7 Å². The monoisotopic (exact) mass is 939 g/mol. The van der Waals surface area contributed by atoms with Crippen LogP contribution in [0.1, 0.15) is 245 Å². The Morgan fingerprint density at radius 2 is 0.815 bits per heavy atom. The highest BCUT2D eigenvalue weighted by Crippen LogP contribution is 2.43. The maximum atomic E-state index is 12.7. The first kappa shape index (κ1) is 62.9. The molecule has 10 nitrogen and oxygen atoms in total. The molecule has 0 aliphatic rings. The molecule has 0 aliphatic heterocycles. The van der Waals surface area contributed by atoms with E-state index in [0.29, 0.717) is 19.3 Å². The van der Waals surface area contributed by atoms with Crippen LogP contribution < -0.4 is 0 Å². The van der Waals surface area contributed by atoms with Gasteiger partial charge in [-0.05, 0) is 51.4 Å². The minimum Gasteiger partial charge on any atom is -0.462 e. The van der Waals surface area contributed by atoms with Crippen molar-refractivity contribution in [3.8, 4) is 0 Å². The number of hydrogen-bond acceptors (Lipinski definition) is 9. The molecule has 3 N–H and O–H groups in total. The maximum absolute atomic E-state index is 12.7. The standard InChI is InChI=1S/C54H99O10P/c1-3-5-7-9-11-13-15-17-19-21-23-25-27-29-31-33-35-37-39-41-43-45-53(57)61-49-52(50-63-65(59,60)62-48-51(56)47-55)64-54(58)46-44-42-40-38-36-34-32-30-28-26-24-22-20-18-16-14-12-10-8-6-4-2/h20,22,26,28,32,34,38,40,51-52,55-56H,3-19,21,23-25,27,29-31,33,35-37,39,41-50H2,1-2H3,(H,59,60)/b22-20+,28-26+,34-32+,40-38+/t51-,52+/m0/s1. The summed E-state index contributed by atoms with van der Waals surface area (Å²) in [4.78, 5) is 35.2. The summed E-state index contributed by atoms with van der Waals surface area (Å²) in [7, 11) is -4.64. The average Bonchev–Trinajstić information content (AvgIpc) is 3.30. The molecule has 0 amide bonds. The maximum Gasteiger partial charge on any atom is 0.472 e. The molecule has 0 saturated carbocycles. The van der Waals surface area contributed by atoms with Crippen LogP contribution >= 0.6 is 7.82 Å². The normalized spacial score (nSPS) is 14.0. The van der Waals surface area contributed by atoms with Gasteiger partial charge in [0.1, 0.15) is 12.7 Å². The number of carbonyl (C=O) groups is 2. The molecule has 0 bridgehead atoms. The van der Waals surface area contributed by atoms with Gasteiger partial charge in [-0.25, -0.2) is 4.57 Å². The lowest BCUT2D eigenvalue weighted by Crippen LogP contribution is -2.29. The van der Waals surface area contributed by atoms with Gasteiger partial charge >= 0.3 is 19.8 Å². The van der Waals surface area contributed by atoms with Crippen LogP contribution in [0, 0.1) is 0 Å². The van der Waals surface area contributed by atoms with E-state index in [1.165, 1.54) is 161 Å². The molecule has 3 atom stereocenters. The fourth-order valence-electron chi connectivity index (χ4n) is 7.40. The third-order valence-electron chi connectivity index (χ3n) is 11.5. The van der Waals surface area contributed by atoms with Crippen molar-refractivity contribution in [3.05, 3.63) is 48.6 Å². The quantitative estimate of drug-likeness (QED) is 0.0233. The van der Waals surface area contributed by atoms with Gasteiger partial charge in [0, 0.05) is 12.8 Å². The summed E-state index contributed by atoms with van der Waals surface area (Å²) >= 11 is 0. The number of allylic oxidation sites excluding steroid dienone is 8. The van der Waals surface area contributed by atoms with Gasteiger partial charge in [-0.3, -0.25) is 18.6 Å². The van der Waals surface area contributed by atoms with E-state index in [4.69, 9.17) is 23.6 Å². The molecular weight excluding hydrogens is 840 g/mol. The van der Waals surface area contributed by atoms with Gasteiger partial charge in [0.25, 0.3) is 0 Å². The van der Waals surface area contributed by atoms with Crippen molar-refractivity contribution < 1.29 is 47.8 Å². The molecule has 0 aliphatic carbocycles. The van der Waals surface area contributed by atoms with Crippen LogP contribution in [0.15, 0.2) is 48.6 Å². The molecular formula is C54H99O10P. The number of esters is 2. The topological polar surface area (TPSA) is 149 Å². The van der Waals surface area contributed by atoms with Crippen LogP contribution in [-0.4, -0.2) is 65.7 Å². The molecule has 11 heteroatoms. The molecule has 0 aromatic heterocycles. The molecule has 0 radical (unpaired) electrons. The smallest absolute Gasteiger partial charge is 0.462 e. The van der Waals surface area contributed by atoms with Crippen molar-refractivity contribution in [1.82, 2.24) is 0 Å². The van der Waals surface area contributed by atoms with E-state index in [2.05, 4.69) is 56.4 Å². The number of aliphatic hydroxyl groups excluding tert-OH is 2. The molecule has 0 aromatic carbocycles. The summed E-state index contributed by atoms with van der Waals surface area (Å²) in [6, 6.07) is 0. The molecule has 0 heterocycles. The van der Waals surface area contributed by atoms with E-state index >= 15 is 0 Å². The number of carbonyl (C=O) groups excluding carboxylic acids is 2. The molecule has 380 valence electrons. The lowest BCUT2D eigenvalue weighted by atomic mass is 10.0. The molecule has 0 spiro atoms. The summed E-state index contributed by atoms with van der Waals surface area (Å²) in [6.07, 6.45) is 56.7. The molecule has 0 aromatic rings. The largest absolute Gasteiger partial charge is 0.472 e. The highest BCUT2D eigenvalue weighted by atomic mass is 31.2. The Morgan fingerprint density at radius 1 is 0.462 bits per heavy atom. The van der Waals surface area contributed by atoms with Crippen molar-refractivity contribution in [3.63, 3.8) is 0 Å². The highest BCUT2D eigenvalue weighted by Gasteiger charge is 2.27. The second kappa shape index (κ2) is 49.8. The minimum atomic E-state index is -4.64. The van der Waals surface area contributed by atoms with Crippen molar-refractivity contribution in [2.75, 3.05) is 26.4 Å². The number of unbranched alkanes of at least 4 members (excludes halogenated alkanes) is 28. The van der Waals surface area contributed by atoms with Crippen LogP contribution in [0.2, 0.25) is 0 Å². The summed E-state index contributed by atoms with van der Waals surface area (Å²) in [5, 5.41) is 18.4. The number of phosphoric acid groups is 1. The van der Waals surface area contributed by atoms with Gasteiger partial charge in [0.2, 0.25) is 0 Å². The van der Waals surface area contributed by atoms with Crippen molar-refractivity contribution in [1.29, 1.82) is 0 Å². The second-order valence-electron chi connectivity index (χ2n) is 17.9. The number of rotatable bonds is 50. The first-order chi connectivity index (χ1) is 31.7. The van der Waals surface area contributed by atoms with Crippen molar-refractivity contribution in [2.24, 2.45) is 0 Å². The highest BCUT2D eigenvalue weighted by molar-refractivity contribution is 7.47. The SMILES string of the molecule is CCCCCCCCC/C=C/C/C=C/C/C=C/C/C=C/CCCC(=O)O[C@H](COC(=O)CCCCCCCCCCCCCCCCCCCCCCC)COP(=O)(O)OC[C@@H](O)CO. The first-order valence-electron chi connectivity index (χ1n) is 26.6. The van der Waals surface area contributed by atoms with Crippen LogP contribution in [0.4, 0.5) is 0 Å². The Hall–Kier alpha value is -2.07. The Morgan fingerprint density at radius 3 is 1.25 bits per heavy atom. The second-order valence-corrected chi connectivity index (χ2v) is 19.4. The van der Waals surface area contributed by atoms with E-state index in [9.17, 15) is 24.2 Å². The average molecular weight is 939 g/mol. The third kappa shape index (κ3) is 49.7. The van der Waals surface area contributed by atoms with Gasteiger partial charge in [0.05, 0.1) is 19.8 Å². The zero-order valence-corrected chi connectivity index (χ0v) is 42.6. The number of aliphatic hydroxyl groups is 2. The fourth-order valence-corrected chi connectivity index (χ4v) is 8.19. The predicted octanol–water partition coefficient (Wildman–Crippen LogP) is 15.2. The minimum absolute atomic E-state index is 0.109. The Bertz CT molecular complexity index is 1220. The van der Waals surface area contributed by atoms with Gasteiger partial charge in [-0.1, -0.05) is 229 Å². The summed E-state index contributed by atoms with van der Waals surface area (Å²) in [5.41, 5.74) is 0. The Balaban J connectivity index is 4.24. The van der Waals surface area contributed by atoms with Crippen molar-refractivity contribution in [2.45, 2.75) is 257 Å². The van der Waals surface area contributed by atoms with Crippen LogP contribution in [0.5, 0.6) is 0 Å². The third-order valence-corrected chi connectivity index (χ3v) is 12.4. The van der Waals surface area contributed by atoms with Gasteiger partial charge in [0.15, 0.2) is 6.10 Å².